The zero-order valence-corrected chi connectivity index (χ0v) is 11.6. The molecule has 0 amide bonds. The van der Waals surface area contributed by atoms with Crippen LogP contribution in [0.2, 0.25) is 0 Å². The van der Waals surface area contributed by atoms with E-state index in [0.29, 0.717) is 11.0 Å². The molecule has 0 aliphatic carbocycles. The van der Waals surface area contributed by atoms with Gasteiger partial charge >= 0.3 is 13.2 Å². The minimum atomic E-state index is -4.65. The van der Waals surface area contributed by atoms with E-state index in [1.165, 1.54) is 6.92 Å². The van der Waals surface area contributed by atoms with Gasteiger partial charge in [0.2, 0.25) is 0 Å². The molecule has 0 atom stereocenters. The number of rotatable bonds is 2. The minimum Gasteiger partial charge on any atom is -0.422 e. The van der Waals surface area contributed by atoms with Crippen LogP contribution in [0.5, 0.6) is 0 Å². The lowest BCUT2D eigenvalue weighted by molar-refractivity contribution is 0.385. The fourth-order valence-electron chi connectivity index (χ4n) is 1.95. The highest BCUT2D eigenvalue weighted by Crippen LogP contribution is 2.35. The fraction of sp³-hybridized carbons (Fsp3) is 0.250. The maximum atomic E-state index is 11.7. The Hall–Kier alpha value is -1.62. The summed E-state index contributed by atoms with van der Waals surface area (Å²) in [6.45, 7) is 1.50. The van der Waals surface area contributed by atoms with Crippen molar-refractivity contribution in [1.29, 1.82) is 0 Å². The first-order valence-corrected chi connectivity index (χ1v) is 7.14. The van der Waals surface area contributed by atoms with Crippen molar-refractivity contribution in [1.82, 2.24) is 0 Å². The summed E-state index contributed by atoms with van der Waals surface area (Å²) in [5.74, 6) is 0. The van der Waals surface area contributed by atoms with Crippen molar-refractivity contribution in [2.24, 2.45) is 0 Å². The van der Waals surface area contributed by atoms with Gasteiger partial charge < -0.3 is 19.1 Å². The number of aryl methyl sites for hydroxylation is 1. The summed E-state index contributed by atoms with van der Waals surface area (Å²) in [7, 11) is -0.958. The largest absolute Gasteiger partial charge is 0.422 e. The van der Waals surface area contributed by atoms with E-state index in [1.807, 2.05) is 19.0 Å². The standard InChI is InChI=1S/C12H14NO5P/c1-7-9-5-4-8(13(2)3)6-10(9)18-12(14)11(7)19(15,16)17/h4-6H,1-3H3,(H2,15,16,17). The van der Waals surface area contributed by atoms with Gasteiger partial charge in [-0.25, -0.2) is 4.79 Å². The summed E-state index contributed by atoms with van der Waals surface area (Å²) in [5, 5.41) is -0.0545. The molecule has 0 bridgehead atoms. The van der Waals surface area contributed by atoms with Gasteiger partial charge in [0.1, 0.15) is 5.58 Å². The molecule has 0 saturated carbocycles. The van der Waals surface area contributed by atoms with Crippen LogP contribution >= 0.6 is 7.60 Å². The average Bonchev–Trinajstić information content (AvgIpc) is 2.25. The molecule has 102 valence electrons. The van der Waals surface area contributed by atoms with Crippen LogP contribution in [0.4, 0.5) is 5.69 Å². The molecule has 1 heterocycles. The van der Waals surface area contributed by atoms with E-state index in [-0.39, 0.29) is 5.56 Å². The second-order valence-electron chi connectivity index (χ2n) is 4.48. The van der Waals surface area contributed by atoms with Crippen molar-refractivity contribution in [2.45, 2.75) is 6.92 Å². The zero-order chi connectivity index (χ0) is 14.4. The van der Waals surface area contributed by atoms with Crippen molar-refractivity contribution in [3.63, 3.8) is 0 Å². The van der Waals surface area contributed by atoms with Gasteiger partial charge in [-0.05, 0) is 24.6 Å². The number of nitrogens with zero attached hydrogens (tertiary/aromatic N) is 1. The highest BCUT2D eigenvalue weighted by Gasteiger charge is 2.27. The normalized spacial score (nSPS) is 11.8. The van der Waals surface area contributed by atoms with E-state index < -0.39 is 18.5 Å². The predicted molar refractivity (Wildman–Crippen MR) is 73.2 cm³/mol. The lowest BCUT2D eigenvalue weighted by Crippen LogP contribution is -2.26. The van der Waals surface area contributed by atoms with E-state index in [4.69, 9.17) is 4.42 Å². The molecule has 0 radical (unpaired) electrons. The smallest absolute Gasteiger partial charge is 0.363 e. The van der Waals surface area contributed by atoms with Crippen molar-refractivity contribution < 1.29 is 18.8 Å². The molecule has 1 aromatic heterocycles. The van der Waals surface area contributed by atoms with Crippen molar-refractivity contribution in [3.8, 4) is 0 Å². The lowest BCUT2D eigenvalue weighted by atomic mass is 10.1. The van der Waals surface area contributed by atoms with Crippen LogP contribution in [0.3, 0.4) is 0 Å². The second kappa shape index (κ2) is 4.49. The quantitative estimate of drug-likeness (QED) is 0.630. The van der Waals surface area contributed by atoms with Crippen LogP contribution in [-0.2, 0) is 4.57 Å². The van der Waals surface area contributed by atoms with Gasteiger partial charge in [-0.3, -0.25) is 4.57 Å². The average molecular weight is 283 g/mol. The van der Waals surface area contributed by atoms with E-state index >= 15 is 0 Å². The van der Waals surface area contributed by atoms with E-state index in [2.05, 4.69) is 0 Å². The minimum absolute atomic E-state index is 0.255. The van der Waals surface area contributed by atoms with Crippen LogP contribution < -0.4 is 15.8 Å². The topological polar surface area (TPSA) is 91.0 Å². The third-order valence-corrected chi connectivity index (χ3v) is 4.03. The lowest BCUT2D eigenvalue weighted by Gasteiger charge is -2.14. The van der Waals surface area contributed by atoms with Crippen molar-refractivity contribution in [3.05, 3.63) is 34.2 Å². The molecule has 6 nitrogen and oxygen atoms in total. The number of hydrogen-bond acceptors (Lipinski definition) is 4. The third kappa shape index (κ3) is 2.42. The molecular formula is C12H14NO5P. The van der Waals surface area contributed by atoms with Crippen LogP contribution in [0.25, 0.3) is 11.0 Å². The number of fused-ring (bicyclic) bond motifs is 1. The molecule has 0 fully saturated rings. The van der Waals surface area contributed by atoms with Gasteiger partial charge in [-0.2, -0.15) is 0 Å². The number of hydrogen-bond donors (Lipinski definition) is 2. The monoisotopic (exact) mass is 283 g/mol. The van der Waals surface area contributed by atoms with E-state index in [1.54, 1.807) is 18.2 Å². The highest BCUT2D eigenvalue weighted by atomic mass is 31.2. The predicted octanol–water partition coefficient (Wildman–Crippen LogP) is 0.970. The van der Waals surface area contributed by atoms with Crippen molar-refractivity contribution in [2.75, 3.05) is 19.0 Å². The summed E-state index contributed by atoms with van der Waals surface area (Å²) in [4.78, 5) is 31.9. The summed E-state index contributed by atoms with van der Waals surface area (Å²) in [6.07, 6.45) is 0. The Bertz CT molecular complexity index is 744. The maximum absolute atomic E-state index is 11.7. The number of benzene rings is 1. The van der Waals surface area contributed by atoms with Gasteiger partial charge in [0.25, 0.3) is 0 Å². The van der Waals surface area contributed by atoms with Gasteiger partial charge in [0.15, 0.2) is 5.30 Å². The van der Waals surface area contributed by atoms with E-state index in [9.17, 15) is 19.1 Å². The van der Waals surface area contributed by atoms with Gasteiger partial charge in [-0.15, -0.1) is 0 Å². The summed E-state index contributed by atoms with van der Waals surface area (Å²) in [6, 6.07) is 5.13. The van der Waals surface area contributed by atoms with Crippen LogP contribution in [0.15, 0.2) is 27.4 Å². The molecule has 0 spiro atoms. The first-order valence-electron chi connectivity index (χ1n) is 5.52. The Kier molecular flexibility index (Phi) is 3.26. The molecular weight excluding hydrogens is 269 g/mol. The van der Waals surface area contributed by atoms with E-state index in [0.717, 1.165) is 5.69 Å². The van der Waals surface area contributed by atoms with Gasteiger partial charge in [0, 0.05) is 31.2 Å². The maximum Gasteiger partial charge on any atom is 0.363 e. The molecule has 0 unspecified atom stereocenters. The molecule has 0 aliphatic heterocycles. The molecule has 19 heavy (non-hydrogen) atoms. The fourth-order valence-corrected chi connectivity index (χ4v) is 2.79. The van der Waals surface area contributed by atoms with Crippen LogP contribution in [0, 0.1) is 6.92 Å². The van der Waals surface area contributed by atoms with Gasteiger partial charge in [-0.1, -0.05) is 0 Å². The van der Waals surface area contributed by atoms with Crippen LogP contribution in [-0.4, -0.2) is 23.9 Å². The highest BCUT2D eigenvalue weighted by molar-refractivity contribution is 7.60. The summed E-state index contributed by atoms with van der Waals surface area (Å²) in [5.41, 5.74) is 0.406. The first-order chi connectivity index (χ1) is 8.71. The molecule has 2 N–H and O–H groups in total. The van der Waals surface area contributed by atoms with Crippen LogP contribution in [0.1, 0.15) is 5.56 Å². The zero-order valence-electron chi connectivity index (χ0n) is 10.7. The SMILES string of the molecule is Cc1c(P(=O)(O)O)c(=O)oc2cc(N(C)C)ccc12. The molecule has 2 aromatic rings. The Labute approximate surface area is 109 Å². The third-order valence-electron chi connectivity index (χ3n) is 2.93. The summed E-state index contributed by atoms with van der Waals surface area (Å²) < 4.78 is 16.3. The molecule has 2 rings (SSSR count). The van der Waals surface area contributed by atoms with Crippen molar-refractivity contribution >= 4 is 29.6 Å². The molecule has 0 saturated heterocycles. The number of anilines is 1. The Morgan fingerprint density at radius 3 is 2.42 bits per heavy atom. The molecule has 0 aliphatic rings. The Balaban J connectivity index is 2.85. The Morgan fingerprint density at radius 1 is 1.26 bits per heavy atom. The summed E-state index contributed by atoms with van der Waals surface area (Å²) >= 11 is 0. The van der Waals surface area contributed by atoms with Gasteiger partial charge in [0.05, 0.1) is 0 Å². The molecule has 1 aromatic carbocycles. The Morgan fingerprint density at radius 2 is 1.89 bits per heavy atom. The molecule has 7 heteroatoms. The first kappa shape index (κ1) is 13.8. The second-order valence-corrected chi connectivity index (χ2v) is 6.02.